The molecule has 0 saturated carbocycles. The number of para-hydroxylation sites is 1. The smallest absolute Gasteiger partial charge is 0.261 e. The minimum atomic E-state index is -0.392. The lowest BCUT2D eigenvalue weighted by Crippen LogP contribution is -2.23. The van der Waals surface area contributed by atoms with Crippen molar-refractivity contribution < 1.29 is 4.79 Å². The van der Waals surface area contributed by atoms with Gasteiger partial charge >= 0.3 is 0 Å². The molecule has 4 aromatic rings. The number of nitrogens with zero attached hydrogens (tertiary/aromatic N) is 2. The van der Waals surface area contributed by atoms with E-state index in [1.54, 1.807) is 23.6 Å². The van der Waals surface area contributed by atoms with Crippen molar-refractivity contribution in [1.82, 2.24) is 9.55 Å². The second-order valence-electron chi connectivity index (χ2n) is 7.43. The maximum absolute atomic E-state index is 13.0. The number of thiazole rings is 1. The van der Waals surface area contributed by atoms with E-state index in [1.807, 2.05) is 48.7 Å². The van der Waals surface area contributed by atoms with E-state index >= 15 is 0 Å². The lowest BCUT2D eigenvalue weighted by atomic mass is 10.1. The highest BCUT2D eigenvalue weighted by Gasteiger charge is 2.24. The van der Waals surface area contributed by atoms with Crippen LogP contribution in [0.4, 0.5) is 5.69 Å². The lowest BCUT2D eigenvalue weighted by molar-refractivity contribution is 0.102. The lowest BCUT2D eigenvalue weighted by Gasteiger charge is -2.13. The van der Waals surface area contributed by atoms with Gasteiger partial charge in [0.25, 0.3) is 5.91 Å². The Labute approximate surface area is 171 Å². The predicted octanol–water partition coefficient (Wildman–Crippen LogP) is 4.80. The van der Waals surface area contributed by atoms with Crippen LogP contribution in [0.5, 0.6) is 0 Å². The van der Waals surface area contributed by atoms with Gasteiger partial charge in [0, 0.05) is 34.3 Å². The number of amides is 1. The number of aromatic nitrogens is 2. The van der Waals surface area contributed by atoms with Crippen LogP contribution in [0.1, 0.15) is 33.9 Å². The van der Waals surface area contributed by atoms with E-state index in [0.717, 1.165) is 33.8 Å². The van der Waals surface area contributed by atoms with E-state index in [4.69, 9.17) is 0 Å². The van der Waals surface area contributed by atoms with E-state index in [2.05, 4.69) is 21.8 Å². The summed E-state index contributed by atoms with van der Waals surface area (Å²) in [7, 11) is 0. The number of anilines is 1. The van der Waals surface area contributed by atoms with E-state index in [1.165, 1.54) is 0 Å². The van der Waals surface area contributed by atoms with Crippen LogP contribution in [0.15, 0.2) is 58.8 Å². The number of pyridine rings is 1. The minimum Gasteiger partial charge on any atom is -0.343 e. The molecule has 29 heavy (non-hydrogen) atoms. The highest BCUT2D eigenvalue weighted by atomic mass is 32.1. The SMILES string of the molecule is Cc1nc(-c2cccc(NC(=O)c3cn4c5c(cccc5c3=O)C[C@@H]4C)c2)cs1. The molecule has 0 bridgehead atoms. The molecule has 1 atom stereocenters. The highest BCUT2D eigenvalue weighted by Crippen LogP contribution is 2.31. The number of rotatable bonds is 3. The first-order valence-corrected chi connectivity index (χ1v) is 10.4. The standard InChI is InChI=1S/C23H19N3O2S/c1-13-9-16-6-4-8-18-21(16)26(13)11-19(22(18)27)23(28)25-17-7-3-5-15(10-17)20-12-29-14(2)24-20/h3-8,10-13H,9H2,1-2H3,(H,25,28)/t13-/m0/s1. The number of carbonyl (C=O) groups excluding carboxylic acids is 1. The molecule has 3 heterocycles. The molecule has 2 aromatic heterocycles. The quantitative estimate of drug-likeness (QED) is 0.536. The Kier molecular flexibility index (Phi) is 4.10. The number of nitrogens with one attached hydrogen (secondary N) is 1. The third-order valence-corrected chi connectivity index (χ3v) is 6.18. The Morgan fingerprint density at radius 1 is 1.24 bits per heavy atom. The summed E-state index contributed by atoms with van der Waals surface area (Å²) in [5.74, 6) is -0.392. The molecule has 144 valence electrons. The summed E-state index contributed by atoms with van der Waals surface area (Å²) in [6, 6.07) is 13.5. The van der Waals surface area contributed by atoms with Gasteiger partial charge < -0.3 is 9.88 Å². The molecule has 1 N–H and O–H groups in total. The molecule has 2 aromatic carbocycles. The second kappa shape index (κ2) is 6.67. The number of aryl methyl sites for hydroxylation is 1. The Morgan fingerprint density at radius 3 is 2.86 bits per heavy atom. The second-order valence-corrected chi connectivity index (χ2v) is 8.49. The van der Waals surface area contributed by atoms with E-state index in [-0.39, 0.29) is 17.0 Å². The molecule has 1 aliphatic rings. The van der Waals surface area contributed by atoms with Crippen LogP contribution in [-0.2, 0) is 6.42 Å². The van der Waals surface area contributed by atoms with Crippen LogP contribution >= 0.6 is 11.3 Å². The maximum Gasteiger partial charge on any atom is 0.261 e. The zero-order valence-corrected chi connectivity index (χ0v) is 16.9. The van der Waals surface area contributed by atoms with Crippen LogP contribution in [0, 0.1) is 6.92 Å². The average Bonchev–Trinajstić information content (AvgIpc) is 3.28. The fraction of sp³-hybridized carbons (Fsp3) is 0.174. The van der Waals surface area contributed by atoms with Gasteiger partial charge in [0.05, 0.1) is 16.2 Å². The molecular formula is C23H19N3O2S. The molecule has 0 spiro atoms. The number of benzene rings is 2. The number of carbonyl (C=O) groups is 1. The van der Waals surface area contributed by atoms with Crippen LogP contribution in [0.25, 0.3) is 22.2 Å². The summed E-state index contributed by atoms with van der Waals surface area (Å²) in [6.07, 6.45) is 2.58. The molecule has 6 heteroatoms. The van der Waals surface area contributed by atoms with Crippen LogP contribution in [-0.4, -0.2) is 15.5 Å². The Morgan fingerprint density at radius 2 is 2.07 bits per heavy atom. The molecule has 5 rings (SSSR count). The summed E-state index contributed by atoms with van der Waals surface area (Å²) in [5.41, 5.74) is 4.49. The first-order chi connectivity index (χ1) is 14.0. The largest absolute Gasteiger partial charge is 0.343 e. The zero-order valence-electron chi connectivity index (χ0n) is 16.1. The van der Waals surface area contributed by atoms with Gasteiger partial charge in [0.1, 0.15) is 5.56 Å². The fourth-order valence-electron chi connectivity index (χ4n) is 4.03. The molecule has 0 unspecified atom stereocenters. The summed E-state index contributed by atoms with van der Waals surface area (Å²) < 4.78 is 2.05. The van der Waals surface area contributed by atoms with Crippen molar-refractivity contribution >= 4 is 33.8 Å². The summed E-state index contributed by atoms with van der Waals surface area (Å²) >= 11 is 1.59. The summed E-state index contributed by atoms with van der Waals surface area (Å²) in [4.78, 5) is 30.5. The van der Waals surface area contributed by atoms with Crippen molar-refractivity contribution in [1.29, 1.82) is 0 Å². The maximum atomic E-state index is 13.0. The minimum absolute atomic E-state index is 0.165. The number of hydrogen-bond donors (Lipinski definition) is 1. The molecular weight excluding hydrogens is 382 g/mol. The molecule has 0 aliphatic carbocycles. The van der Waals surface area contributed by atoms with E-state index < -0.39 is 5.91 Å². The third-order valence-electron chi connectivity index (χ3n) is 5.41. The summed E-state index contributed by atoms with van der Waals surface area (Å²) in [5, 5.41) is 6.47. The molecule has 1 amide bonds. The molecule has 5 nitrogen and oxygen atoms in total. The first-order valence-electron chi connectivity index (χ1n) is 9.52. The van der Waals surface area contributed by atoms with Crippen molar-refractivity contribution in [2.75, 3.05) is 5.32 Å². The predicted molar refractivity (Wildman–Crippen MR) is 117 cm³/mol. The van der Waals surface area contributed by atoms with Crippen molar-refractivity contribution in [3.05, 3.63) is 80.4 Å². The molecule has 1 aliphatic heterocycles. The van der Waals surface area contributed by atoms with Crippen LogP contribution in [0.3, 0.4) is 0 Å². The molecule has 0 saturated heterocycles. The van der Waals surface area contributed by atoms with Gasteiger partial charge in [-0.1, -0.05) is 24.3 Å². The highest BCUT2D eigenvalue weighted by molar-refractivity contribution is 7.09. The van der Waals surface area contributed by atoms with Gasteiger partial charge in [-0.2, -0.15) is 0 Å². The van der Waals surface area contributed by atoms with Crippen molar-refractivity contribution in [2.24, 2.45) is 0 Å². The van der Waals surface area contributed by atoms with Gasteiger partial charge in [0.15, 0.2) is 0 Å². The van der Waals surface area contributed by atoms with Crippen molar-refractivity contribution in [2.45, 2.75) is 26.3 Å². The molecule has 0 fully saturated rings. The number of hydrogen-bond acceptors (Lipinski definition) is 4. The third kappa shape index (κ3) is 2.96. The Hall–Kier alpha value is -3.25. The van der Waals surface area contributed by atoms with Crippen LogP contribution < -0.4 is 10.7 Å². The van der Waals surface area contributed by atoms with Gasteiger partial charge in [-0.15, -0.1) is 11.3 Å². The van der Waals surface area contributed by atoms with Crippen molar-refractivity contribution in [3.63, 3.8) is 0 Å². The van der Waals surface area contributed by atoms with Crippen molar-refractivity contribution in [3.8, 4) is 11.3 Å². The van der Waals surface area contributed by atoms with Gasteiger partial charge in [-0.25, -0.2) is 4.98 Å². The Balaban J connectivity index is 1.52. The Bertz CT molecular complexity index is 1340. The zero-order chi connectivity index (χ0) is 20.1. The van der Waals surface area contributed by atoms with Crippen LogP contribution in [0.2, 0.25) is 0 Å². The normalized spacial score (nSPS) is 15.0. The average molecular weight is 401 g/mol. The summed E-state index contributed by atoms with van der Waals surface area (Å²) in [6.45, 7) is 4.06. The van der Waals surface area contributed by atoms with E-state index in [9.17, 15) is 9.59 Å². The molecule has 0 radical (unpaired) electrons. The monoisotopic (exact) mass is 401 g/mol. The van der Waals surface area contributed by atoms with E-state index in [0.29, 0.717) is 11.1 Å². The fourth-order valence-corrected chi connectivity index (χ4v) is 4.65. The topological polar surface area (TPSA) is 64.0 Å². The van der Waals surface area contributed by atoms with Gasteiger partial charge in [-0.05, 0) is 44.0 Å². The first kappa shape index (κ1) is 17.8. The van der Waals surface area contributed by atoms with Gasteiger partial charge in [0.2, 0.25) is 5.43 Å². The van der Waals surface area contributed by atoms with Gasteiger partial charge in [-0.3, -0.25) is 9.59 Å².